The fraction of sp³-hybridized carbons (Fsp3) is 0.533. The average molecular weight is 352 g/mol. The summed E-state index contributed by atoms with van der Waals surface area (Å²) in [5.41, 5.74) is 0. The largest absolute Gasteiger partial charge is 0.439 e. The number of carbonyl (C=O) groups excluding carboxylic acids is 1. The Kier molecular flexibility index (Phi) is 4.05. The van der Waals surface area contributed by atoms with Crippen molar-refractivity contribution in [3.63, 3.8) is 0 Å². The summed E-state index contributed by atoms with van der Waals surface area (Å²) < 4.78 is 10.5. The SMILES string of the molecule is O=C1N2CCCCN2P(=S)(Oc2ccccc2)N2CCCCN12. The van der Waals surface area contributed by atoms with E-state index >= 15 is 0 Å². The zero-order chi connectivity index (χ0) is 15.9. The van der Waals surface area contributed by atoms with Gasteiger partial charge in [0.25, 0.3) is 6.57 Å². The van der Waals surface area contributed by atoms with E-state index in [0.717, 1.165) is 57.6 Å². The molecule has 0 aromatic heterocycles. The lowest BCUT2D eigenvalue weighted by Crippen LogP contribution is -2.66. The Balaban J connectivity index is 1.73. The highest BCUT2D eigenvalue weighted by Gasteiger charge is 2.52. The molecule has 1 aromatic carbocycles. The van der Waals surface area contributed by atoms with Gasteiger partial charge >= 0.3 is 6.03 Å². The quantitative estimate of drug-likeness (QED) is 0.765. The van der Waals surface area contributed by atoms with Crippen LogP contribution >= 0.6 is 6.57 Å². The van der Waals surface area contributed by atoms with Crippen LogP contribution in [-0.2, 0) is 11.8 Å². The highest BCUT2D eigenvalue weighted by molar-refractivity contribution is 8.10. The Morgan fingerprint density at radius 2 is 1.39 bits per heavy atom. The molecule has 3 aliphatic rings. The van der Waals surface area contributed by atoms with E-state index in [2.05, 4.69) is 0 Å². The topological polar surface area (TPSA) is 39.3 Å². The number of hydrogen-bond donors (Lipinski definition) is 0. The number of hydrazine groups is 2. The lowest BCUT2D eigenvalue weighted by Gasteiger charge is -2.57. The Labute approximate surface area is 141 Å². The van der Waals surface area contributed by atoms with Gasteiger partial charge in [-0.2, -0.15) is 0 Å². The number of benzene rings is 1. The normalized spacial score (nSPS) is 25.0. The minimum Gasteiger partial charge on any atom is -0.439 e. The van der Waals surface area contributed by atoms with Gasteiger partial charge in [0.15, 0.2) is 0 Å². The van der Waals surface area contributed by atoms with Crippen LogP contribution < -0.4 is 4.52 Å². The fourth-order valence-electron chi connectivity index (χ4n) is 3.38. The molecule has 0 bridgehead atoms. The van der Waals surface area contributed by atoms with Gasteiger partial charge in [-0.3, -0.25) is 0 Å². The highest BCUT2D eigenvalue weighted by Crippen LogP contribution is 2.59. The van der Waals surface area contributed by atoms with Gasteiger partial charge in [0, 0.05) is 26.2 Å². The number of carbonyl (C=O) groups is 1. The molecule has 4 rings (SSSR count). The predicted octanol–water partition coefficient (Wildman–Crippen LogP) is 3.05. The summed E-state index contributed by atoms with van der Waals surface area (Å²) in [5, 5.41) is 3.66. The predicted molar refractivity (Wildman–Crippen MR) is 92.0 cm³/mol. The zero-order valence-electron chi connectivity index (χ0n) is 13.0. The maximum absolute atomic E-state index is 12.8. The lowest BCUT2D eigenvalue weighted by molar-refractivity contribution is -0.0513. The van der Waals surface area contributed by atoms with Gasteiger partial charge in [0.05, 0.1) is 0 Å². The van der Waals surface area contributed by atoms with Crippen LogP contribution in [-0.4, -0.2) is 51.8 Å². The van der Waals surface area contributed by atoms with E-state index in [0.29, 0.717) is 0 Å². The Morgan fingerprint density at radius 1 is 0.870 bits per heavy atom. The average Bonchev–Trinajstić information content (AvgIpc) is 2.61. The number of hydrogen-bond acceptors (Lipinski definition) is 3. The highest BCUT2D eigenvalue weighted by atomic mass is 32.5. The van der Waals surface area contributed by atoms with Crippen molar-refractivity contribution in [2.45, 2.75) is 25.7 Å². The molecule has 8 heteroatoms. The molecule has 3 aliphatic heterocycles. The summed E-state index contributed by atoms with van der Waals surface area (Å²) in [4.78, 5) is 12.8. The summed E-state index contributed by atoms with van der Waals surface area (Å²) in [5.74, 6) is 0.779. The molecule has 124 valence electrons. The second-order valence-corrected chi connectivity index (χ2v) is 9.54. The van der Waals surface area contributed by atoms with Gasteiger partial charge in [-0.05, 0) is 49.6 Å². The van der Waals surface area contributed by atoms with Gasteiger partial charge in [-0.25, -0.2) is 14.8 Å². The van der Waals surface area contributed by atoms with Crippen molar-refractivity contribution in [2.75, 3.05) is 26.2 Å². The minimum atomic E-state index is -2.50. The van der Waals surface area contributed by atoms with E-state index in [4.69, 9.17) is 16.3 Å². The Hall–Kier alpha value is -1.14. The van der Waals surface area contributed by atoms with E-state index in [9.17, 15) is 4.79 Å². The van der Waals surface area contributed by atoms with Crippen LogP contribution in [0.2, 0.25) is 0 Å². The Bertz CT molecular complexity index is 614. The van der Waals surface area contributed by atoms with Crippen LogP contribution in [0.15, 0.2) is 30.3 Å². The van der Waals surface area contributed by atoms with E-state index in [1.807, 2.05) is 49.9 Å². The van der Waals surface area contributed by atoms with Crippen LogP contribution in [0, 0.1) is 0 Å². The van der Waals surface area contributed by atoms with Crippen LogP contribution in [0.25, 0.3) is 0 Å². The van der Waals surface area contributed by atoms with Crippen molar-refractivity contribution < 1.29 is 9.32 Å². The minimum absolute atomic E-state index is 0.0570. The number of amides is 2. The molecule has 0 saturated carbocycles. The molecule has 1 aromatic rings. The van der Waals surface area contributed by atoms with Crippen LogP contribution in [0.3, 0.4) is 0 Å². The van der Waals surface area contributed by atoms with E-state index in [1.54, 1.807) is 0 Å². The van der Waals surface area contributed by atoms with Crippen LogP contribution in [0.1, 0.15) is 25.7 Å². The van der Waals surface area contributed by atoms with Crippen molar-refractivity contribution in [2.24, 2.45) is 0 Å². The lowest BCUT2D eigenvalue weighted by atomic mass is 10.2. The first-order chi connectivity index (χ1) is 11.2. The van der Waals surface area contributed by atoms with Crippen molar-refractivity contribution in [1.82, 2.24) is 19.6 Å². The molecule has 23 heavy (non-hydrogen) atoms. The molecular formula is C15H21N4O2PS. The molecule has 0 unspecified atom stereocenters. The third kappa shape index (κ3) is 2.56. The zero-order valence-corrected chi connectivity index (χ0v) is 14.7. The van der Waals surface area contributed by atoms with Gasteiger partial charge < -0.3 is 4.52 Å². The van der Waals surface area contributed by atoms with Gasteiger partial charge in [-0.15, -0.1) is 9.56 Å². The molecule has 0 radical (unpaired) electrons. The van der Waals surface area contributed by atoms with Gasteiger partial charge in [-0.1, -0.05) is 18.2 Å². The van der Waals surface area contributed by atoms with Crippen molar-refractivity contribution >= 4 is 24.4 Å². The third-order valence-corrected chi connectivity index (χ3v) is 8.31. The standard InChI is InChI=1S/C15H21N4O2PS/c20-15-16-10-4-6-12-18(16)22(23,19-13-7-5-11-17(15)19)21-14-8-2-1-3-9-14/h1-3,8-9H,4-7,10-13H2. The van der Waals surface area contributed by atoms with Gasteiger partial charge in [0.1, 0.15) is 5.75 Å². The summed E-state index contributed by atoms with van der Waals surface area (Å²) in [6.45, 7) is 0.551. The maximum atomic E-state index is 12.8. The second-order valence-electron chi connectivity index (χ2n) is 6.03. The molecule has 3 heterocycles. The molecule has 3 saturated heterocycles. The number of rotatable bonds is 2. The first kappa shape index (κ1) is 15.4. The molecular weight excluding hydrogens is 331 g/mol. The molecule has 3 fully saturated rings. The molecule has 2 amide bonds. The monoisotopic (exact) mass is 352 g/mol. The first-order valence-electron chi connectivity index (χ1n) is 8.20. The van der Waals surface area contributed by atoms with E-state index < -0.39 is 6.57 Å². The number of para-hydroxylation sites is 1. The van der Waals surface area contributed by atoms with Gasteiger partial charge in [0.2, 0.25) is 0 Å². The summed E-state index contributed by atoms with van der Waals surface area (Å²) in [6.07, 6.45) is 4.15. The van der Waals surface area contributed by atoms with Crippen molar-refractivity contribution in [1.29, 1.82) is 0 Å². The number of urea groups is 1. The fourth-order valence-corrected chi connectivity index (χ4v) is 7.15. The number of nitrogens with zero attached hydrogens (tertiary/aromatic N) is 4. The van der Waals surface area contributed by atoms with Crippen LogP contribution in [0.4, 0.5) is 4.79 Å². The smallest absolute Gasteiger partial charge is 0.349 e. The molecule has 0 atom stereocenters. The Morgan fingerprint density at radius 3 is 1.96 bits per heavy atom. The van der Waals surface area contributed by atoms with Crippen LogP contribution in [0.5, 0.6) is 5.75 Å². The summed E-state index contributed by atoms with van der Waals surface area (Å²) in [7, 11) is 0. The molecule has 0 spiro atoms. The second kappa shape index (κ2) is 6.06. The maximum Gasteiger partial charge on any atom is 0.349 e. The molecule has 0 N–H and O–H groups in total. The molecule has 0 aliphatic carbocycles. The van der Waals surface area contributed by atoms with E-state index in [-0.39, 0.29) is 6.03 Å². The molecule has 6 nitrogen and oxygen atoms in total. The number of fused-ring (bicyclic) bond motifs is 2. The first-order valence-corrected chi connectivity index (χ1v) is 10.8. The third-order valence-electron chi connectivity index (χ3n) is 4.51. The van der Waals surface area contributed by atoms with Crippen molar-refractivity contribution in [3.8, 4) is 5.75 Å². The summed E-state index contributed by atoms with van der Waals surface area (Å²) >= 11 is 6.09. The summed E-state index contributed by atoms with van der Waals surface area (Å²) in [6, 6.07) is 9.80. The van der Waals surface area contributed by atoms with Crippen molar-refractivity contribution in [3.05, 3.63) is 30.3 Å². The van der Waals surface area contributed by atoms with E-state index in [1.165, 1.54) is 0 Å².